The van der Waals surface area contributed by atoms with Gasteiger partial charge < -0.3 is 14.8 Å². The maximum atomic E-state index is 5.44. The van der Waals surface area contributed by atoms with Crippen LogP contribution in [0.4, 0.5) is 0 Å². The second-order valence-electron chi connectivity index (χ2n) is 5.68. The van der Waals surface area contributed by atoms with Crippen molar-refractivity contribution in [2.75, 3.05) is 21.3 Å². The van der Waals surface area contributed by atoms with E-state index >= 15 is 0 Å². The lowest BCUT2D eigenvalue weighted by atomic mass is 9.52. The van der Waals surface area contributed by atoms with Crippen LogP contribution in [0, 0.1) is 5.41 Å². The number of rotatable bonds is 6. The lowest BCUT2D eigenvalue weighted by molar-refractivity contribution is 0.0244. The van der Waals surface area contributed by atoms with Gasteiger partial charge in [-0.05, 0) is 55.3 Å². The monoisotopic (exact) mass is 277 g/mol. The average molecular weight is 277 g/mol. The number of ether oxygens (including phenoxy) is 2. The van der Waals surface area contributed by atoms with Crippen molar-refractivity contribution in [2.45, 2.75) is 45.1 Å². The van der Waals surface area contributed by atoms with Crippen molar-refractivity contribution in [3.63, 3.8) is 0 Å². The molecule has 1 N–H and O–H groups in total. The normalized spacial score (nSPS) is 24.1. The SMILES string of the molecule is CCC1(CC)C(NC)CC1c1ccc(OC)c(OC)c1. The molecule has 0 aromatic heterocycles. The molecule has 1 aliphatic carbocycles. The van der Waals surface area contributed by atoms with Crippen LogP contribution < -0.4 is 14.8 Å². The van der Waals surface area contributed by atoms with Crippen molar-refractivity contribution >= 4 is 0 Å². The highest BCUT2D eigenvalue weighted by Gasteiger charge is 2.52. The molecule has 0 amide bonds. The summed E-state index contributed by atoms with van der Waals surface area (Å²) in [5, 5.41) is 3.49. The summed E-state index contributed by atoms with van der Waals surface area (Å²) in [5.41, 5.74) is 1.74. The standard InChI is InChI=1S/C17H27NO2/c1-6-17(7-2)13(11-16(17)18-3)12-8-9-14(19-4)15(10-12)20-5/h8-10,13,16,18H,6-7,11H2,1-5H3. The Labute approximate surface area is 122 Å². The fourth-order valence-corrected chi connectivity index (χ4v) is 3.97. The third-order valence-corrected chi connectivity index (χ3v) is 5.33. The first-order valence-electron chi connectivity index (χ1n) is 7.56. The van der Waals surface area contributed by atoms with Crippen LogP contribution in [0.15, 0.2) is 18.2 Å². The number of nitrogens with one attached hydrogen (secondary N) is 1. The van der Waals surface area contributed by atoms with Crippen LogP contribution in [0.3, 0.4) is 0 Å². The zero-order valence-corrected chi connectivity index (χ0v) is 13.3. The van der Waals surface area contributed by atoms with Gasteiger partial charge >= 0.3 is 0 Å². The molecule has 1 aliphatic rings. The largest absolute Gasteiger partial charge is 0.493 e. The van der Waals surface area contributed by atoms with Crippen molar-refractivity contribution in [3.8, 4) is 11.5 Å². The van der Waals surface area contributed by atoms with Crippen molar-refractivity contribution in [1.82, 2.24) is 5.32 Å². The Morgan fingerprint density at radius 1 is 1.15 bits per heavy atom. The van der Waals surface area contributed by atoms with Gasteiger partial charge in [-0.25, -0.2) is 0 Å². The van der Waals surface area contributed by atoms with E-state index in [4.69, 9.17) is 9.47 Å². The number of hydrogen-bond donors (Lipinski definition) is 1. The van der Waals surface area contributed by atoms with Crippen LogP contribution in [-0.2, 0) is 0 Å². The molecule has 20 heavy (non-hydrogen) atoms. The van der Waals surface area contributed by atoms with Gasteiger partial charge in [0.1, 0.15) is 0 Å². The fraction of sp³-hybridized carbons (Fsp3) is 0.647. The van der Waals surface area contributed by atoms with E-state index in [1.54, 1.807) is 14.2 Å². The second-order valence-corrected chi connectivity index (χ2v) is 5.68. The maximum absolute atomic E-state index is 5.44. The van der Waals surface area contributed by atoms with Gasteiger partial charge in [-0.1, -0.05) is 19.9 Å². The third kappa shape index (κ3) is 2.18. The zero-order chi connectivity index (χ0) is 14.8. The van der Waals surface area contributed by atoms with Crippen molar-refractivity contribution in [2.24, 2.45) is 5.41 Å². The lowest BCUT2D eigenvalue weighted by Gasteiger charge is -2.56. The highest BCUT2D eigenvalue weighted by Crippen LogP contribution is 2.57. The van der Waals surface area contributed by atoms with Crippen LogP contribution in [0.25, 0.3) is 0 Å². The van der Waals surface area contributed by atoms with Crippen LogP contribution in [-0.4, -0.2) is 27.3 Å². The summed E-state index contributed by atoms with van der Waals surface area (Å²) in [7, 11) is 5.46. The van der Waals surface area contributed by atoms with Gasteiger partial charge in [-0.2, -0.15) is 0 Å². The molecular formula is C17H27NO2. The Hall–Kier alpha value is -1.22. The molecular weight excluding hydrogens is 250 g/mol. The van der Waals surface area contributed by atoms with Crippen LogP contribution in [0.1, 0.15) is 44.6 Å². The van der Waals surface area contributed by atoms with Gasteiger partial charge in [0.25, 0.3) is 0 Å². The fourth-order valence-electron chi connectivity index (χ4n) is 3.97. The molecule has 0 radical (unpaired) electrons. The van der Waals surface area contributed by atoms with E-state index in [1.807, 2.05) is 6.07 Å². The second kappa shape index (κ2) is 6.04. The minimum atomic E-state index is 0.369. The molecule has 2 rings (SSSR count). The Bertz CT molecular complexity index is 454. The van der Waals surface area contributed by atoms with Crippen LogP contribution >= 0.6 is 0 Å². The molecule has 0 bridgehead atoms. The molecule has 0 aliphatic heterocycles. The van der Waals surface area contributed by atoms with Gasteiger partial charge in [0.2, 0.25) is 0 Å². The number of methoxy groups -OCH3 is 2. The molecule has 0 heterocycles. The summed E-state index contributed by atoms with van der Waals surface area (Å²) in [6.07, 6.45) is 3.61. The predicted octanol–water partition coefficient (Wildman–Crippen LogP) is 3.59. The minimum Gasteiger partial charge on any atom is -0.493 e. The number of hydrogen-bond acceptors (Lipinski definition) is 3. The molecule has 2 atom stereocenters. The van der Waals surface area contributed by atoms with E-state index in [1.165, 1.54) is 24.8 Å². The van der Waals surface area contributed by atoms with Gasteiger partial charge in [-0.15, -0.1) is 0 Å². The maximum Gasteiger partial charge on any atom is 0.160 e. The molecule has 1 aromatic rings. The Morgan fingerprint density at radius 2 is 1.80 bits per heavy atom. The summed E-state index contributed by atoms with van der Waals surface area (Å²) in [4.78, 5) is 0. The minimum absolute atomic E-state index is 0.369. The molecule has 0 spiro atoms. The summed E-state index contributed by atoms with van der Waals surface area (Å²) in [6.45, 7) is 4.61. The Balaban J connectivity index is 2.32. The van der Waals surface area contributed by atoms with Gasteiger partial charge in [-0.3, -0.25) is 0 Å². The topological polar surface area (TPSA) is 30.5 Å². The van der Waals surface area contributed by atoms with E-state index in [9.17, 15) is 0 Å². The molecule has 3 nitrogen and oxygen atoms in total. The van der Waals surface area contributed by atoms with Crippen molar-refractivity contribution in [3.05, 3.63) is 23.8 Å². The van der Waals surface area contributed by atoms with Crippen LogP contribution in [0.2, 0.25) is 0 Å². The highest BCUT2D eigenvalue weighted by atomic mass is 16.5. The first kappa shape index (κ1) is 15.2. The van der Waals surface area contributed by atoms with E-state index in [0.717, 1.165) is 11.5 Å². The molecule has 2 unspecified atom stereocenters. The summed E-state index contributed by atoms with van der Waals surface area (Å²) < 4.78 is 10.8. The molecule has 0 saturated heterocycles. The van der Waals surface area contributed by atoms with Crippen LogP contribution in [0.5, 0.6) is 11.5 Å². The number of benzene rings is 1. The molecule has 1 aromatic carbocycles. The first-order chi connectivity index (χ1) is 9.66. The van der Waals surface area contributed by atoms with Gasteiger partial charge in [0, 0.05) is 6.04 Å². The quantitative estimate of drug-likeness (QED) is 0.862. The molecule has 112 valence electrons. The predicted molar refractivity (Wildman–Crippen MR) is 82.8 cm³/mol. The highest BCUT2D eigenvalue weighted by molar-refractivity contribution is 5.45. The Morgan fingerprint density at radius 3 is 2.30 bits per heavy atom. The third-order valence-electron chi connectivity index (χ3n) is 5.33. The molecule has 1 saturated carbocycles. The average Bonchev–Trinajstić information content (AvgIpc) is 2.48. The van der Waals surface area contributed by atoms with E-state index in [0.29, 0.717) is 17.4 Å². The van der Waals surface area contributed by atoms with E-state index in [2.05, 4.69) is 38.3 Å². The molecule has 3 heteroatoms. The van der Waals surface area contributed by atoms with Crippen molar-refractivity contribution in [1.29, 1.82) is 0 Å². The smallest absolute Gasteiger partial charge is 0.160 e. The van der Waals surface area contributed by atoms with E-state index < -0.39 is 0 Å². The van der Waals surface area contributed by atoms with Gasteiger partial charge in [0.05, 0.1) is 14.2 Å². The molecule has 1 fully saturated rings. The first-order valence-corrected chi connectivity index (χ1v) is 7.56. The summed E-state index contributed by atoms with van der Waals surface area (Å²) in [5.74, 6) is 2.24. The van der Waals surface area contributed by atoms with E-state index in [-0.39, 0.29) is 0 Å². The van der Waals surface area contributed by atoms with Gasteiger partial charge in [0.15, 0.2) is 11.5 Å². The Kier molecular flexibility index (Phi) is 4.59. The zero-order valence-electron chi connectivity index (χ0n) is 13.3. The lowest BCUT2D eigenvalue weighted by Crippen LogP contribution is -2.57. The van der Waals surface area contributed by atoms with Crippen molar-refractivity contribution < 1.29 is 9.47 Å². The summed E-state index contributed by atoms with van der Waals surface area (Å²) in [6, 6.07) is 6.99. The summed E-state index contributed by atoms with van der Waals surface area (Å²) >= 11 is 0.